The van der Waals surface area contributed by atoms with Crippen LogP contribution >= 0.6 is 0 Å². The normalized spacial score (nSPS) is 7.12. The Morgan fingerprint density at radius 3 is 1.12 bits per heavy atom. The van der Waals surface area contributed by atoms with Crippen LogP contribution in [0.2, 0.25) is 0 Å². The van der Waals surface area contributed by atoms with E-state index >= 15 is 0 Å². The zero-order valence-corrected chi connectivity index (χ0v) is 7.45. The average molecular weight is 161 g/mol. The second kappa shape index (κ2) is 7.36. The van der Waals surface area contributed by atoms with Crippen LogP contribution in [-0.2, 0) is 0 Å². The van der Waals surface area contributed by atoms with E-state index in [0.29, 0.717) is 0 Å². The number of rotatable bonds is 3. The molecule has 0 aliphatic carbocycles. The van der Waals surface area contributed by atoms with Crippen LogP contribution in [0, 0.1) is 0 Å². The van der Waals surface area contributed by atoms with Crippen molar-refractivity contribution in [3.8, 4) is 0 Å². The van der Waals surface area contributed by atoms with Crippen molar-refractivity contribution in [2.75, 3.05) is 0 Å². The SMILES string of the molecule is C=[CH][Ge]([CH]=C)[CH]=C.[Li]. The Hall–Kier alpha value is 0.360. The van der Waals surface area contributed by atoms with Gasteiger partial charge < -0.3 is 0 Å². The molecular formula is C6H9GeLi. The molecule has 2 radical (unpaired) electrons. The van der Waals surface area contributed by atoms with E-state index in [1.165, 1.54) is 0 Å². The van der Waals surface area contributed by atoms with Gasteiger partial charge in [0.1, 0.15) is 0 Å². The van der Waals surface area contributed by atoms with E-state index < -0.39 is 14.3 Å². The second-order valence-corrected chi connectivity index (χ2v) is 5.78. The van der Waals surface area contributed by atoms with Gasteiger partial charge in [0.05, 0.1) is 0 Å². The molecule has 0 rings (SSSR count). The molecule has 38 valence electrons. The van der Waals surface area contributed by atoms with Crippen LogP contribution in [0.1, 0.15) is 0 Å². The molecular weight excluding hydrogens is 152 g/mol. The van der Waals surface area contributed by atoms with Crippen LogP contribution in [0.3, 0.4) is 0 Å². The third kappa shape index (κ3) is 4.52. The molecule has 0 atom stereocenters. The molecule has 0 saturated carbocycles. The molecule has 0 nitrogen and oxygen atoms in total. The summed E-state index contributed by atoms with van der Waals surface area (Å²) in [6, 6.07) is 0. The van der Waals surface area contributed by atoms with Gasteiger partial charge >= 0.3 is 48.8 Å². The molecule has 0 aromatic rings. The second-order valence-electron chi connectivity index (χ2n) is 1.11. The van der Waals surface area contributed by atoms with Crippen molar-refractivity contribution >= 4 is 33.2 Å². The summed E-state index contributed by atoms with van der Waals surface area (Å²) in [7, 11) is 0. The first-order valence-corrected chi connectivity index (χ1v) is 5.72. The topological polar surface area (TPSA) is 0 Å². The Kier molecular flexibility index (Phi) is 10.3. The molecule has 0 bridgehead atoms. The Bertz CT molecular complexity index is 69.5. The molecule has 2 heteroatoms. The largest absolute Gasteiger partial charge is 0 e. The van der Waals surface area contributed by atoms with Crippen molar-refractivity contribution in [1.82, 2.24) is 0 Å². The van der Waals surface area contributed by atoms with Gasteiger partial charge in [0.15, 0.2) is 0 Å². The molecule has 0 fully saturated rings. The Morgan fingerprint density at radius 1 is 0.875 bits per heavy atom. The molecule has 0 aliphatic rings. The quantitative estimate of drug-likeness (QED) is 0.546. The summed E-state index contributed by atoms with van der Waals surface area (Å²) in [6.07, 6.45) is 0. The zero-order valence-electron chi connectivity index (χ0n) is 5.35. The van der Waals surface area contributed by atoms with E-state index in [-0.39, 0.29) is 18.9 Å². The molecule has 0 N–H and O–H groups in total. The molecule has 0 unspecified atom stereocenters. The Balaban J connectivity index is 0. The molecule has 0 saturated heterocycles. The molecule has 0 aromatic carbocycles. The van der Waals surface area contributed by atoms with Crippen LogP contribution in [-0.4, -0.2) is 33.2 Å². The first-order chi connectivity index (χ1) is 3.35. The zero-order chi connectivity index (χ0) is 5.70. The van der Waals surface area contributed by atoms with Crippen molar-refractivity contribution in [3.05, 3.63) is 34.5 Å². The summed E-state index contributed by atoms with van der Waals surface area (Å²) in [6.45, 7) is 10.9. The third-order valence-electron chi connectivity index (χ3n) is 0.707. The third-order valence-corrected chi connectivity index (χ3v) is 3.67. The van der Waals surface area contributed by atoms with Gasteiger partial charge in [-0.2, -0.15) is 0 Å². The average Bonchev–Trinajstić information content (AvgIpc) is 1.72. The minimum Gasteiger partial charge on any atom is 0 e. The van der Waals surface area contributed by atoms with Gasteiger partial charge in [0, 0.05) is 18.9 Å². The van der Waals surface area contributed by atoms with Crippen LogP contribution in [0.4, 0.5) is 0 Å². The Labute approximate surface area is 67.6 Å². The maximum atomic E-state index is 3.63. The van der Waals surface area contributed by atoms with E-state index in [4.69, 9.17) is 0 Å². The molecule has 0 aromatic heterocycles. The van der Waals surface area contributed by atoms with Gasteiger partial charge in [-0.15, -0.1) is 0 Å². The van der Waals surface area contributed by atoms with Gasteiger partial charge in [0.25, 0.3) is 0 Å². The van der Waals surface area contributed by atoms with Crippen molar-refractivity contribution in [3.63, 3.8) is 0 Å². The van der Waals surface area contributed by atoms with Gasteiger partial charge in [-0.3, -0.25) is 0 Å². The summed E-state index contributed by atoms with van der Waals surface area (Å²) in [4.78, 5) is 5.88. The van der Waals surface area contributed by atoms with Crippen molar-refractivity contribution in [2.24, 2.45) is 0 Å². The van der Waals surface area contributed by atoms with Crippen LogP contribution in [0.25, 0.3) is 0 Å². The minimum atomic E-state index is -1.11. The maximum Gasteiger partial charge on any atom is 0 e. The predicted octanol–water partition coefficient (Wildman–Crippen LogP) is 1.28. The van der Waals surface area contributed by atoms with E-state index in [2.05, 4.69) is 19.7 Å². The van der Waals surface area contributed by atoms with Gasteiger partial charge in [0.2, 0.25) is 0 Å². The monoisotopic (exact) mass is 162 g/mol. The van der Waals surface area contributed by atoms with Crippen LogP contribution in [0.5, 0.6) is 0 Å². The van der Waals surface area contributed by atoms with Crippen molar-refractivity contribution in [2.45, 2.75) is 0 Å². The minimum absolute atomic E-state index is 0. The maximum absolute atomic E-state index is 3.63. The number of hydrogen-bond acceptors (Lipinski definition) is 0. The summed E-state index contributed by atoms with van der Waals surface area (Å²) in [5.41, 5.74) is 0. The van der Waals surface area contributed by atoms with E-state index in [1.54, 1.807) is 0 Å². The molecule has 8 heavy (non-hydrogen) atoms. The summed E-state index contributed by atoms with van der Waals surface area (Å²) in [5, 5.41) is 0. The summed E-state index contributed by atoms with van der Waals surface area (Å²) >= 11 is -1.11. The fourth-order valence-corrected chi connectivity index (χ4v) is 1.30. The molecule has 0 spiro atoms. The van der Waals surface area contributed by atoms with Crippen LogP contribution in [0.15, 0.2) is 34.5 Å². The first kappa shape index (κ1) is 11.2. The number of hydrogen-bond donors (Lipinski definition) is 0. The molecule has 0 amide bonds. The van der Waals surface area contributed by atoms with Gasteiger partial charge in [-0.05, 0) is 0 Å². The van der Waals surface area contributed by atoms with E-state index in [0.717, 1.165) is 0 Å². The summed E-state index contributed by atoms with van der Waals surface area (Å²) in [5.74, 6) is 0. The fraction of sp³-hybridized carbons (Fsp3) is 0. The Morgan fingerprint density at radius 2 is 1.12 bits per heavy atom. The summed E-state index contributed by atoms with van der Waals surface area (Å²) < 4.78 is 0. The smallest absolute Gasteiger partial charge is 0 e. The van der Waals surface area contributed by atoms with Gasteiger partial charge in [-0.1, -0.05) is 0 Å². The standard InChI is InChI=1S/C6H9Ge.Li/c1-4-7(5-2)6-3;/h4-6H,1-3H2;. The molecule has 0 aliphatic heterocycles. The van der Waals surface area contributed by atoms with Gasteiger partial charge in [-0.25, -0.2) is 0 Å². The fourth-order valence-electron chi connectivity index (χ4n) is 0.250. The van der Waals surface area contributed by atoms with Crippen molar-refractivity contribution in [1.29, 1.82) is 0 Å². The van der Waals surface area contributed by atoms with Crippen LogP contribution < -0.4 is 0 Å². The van der Waals surface area contributed by atoms with E-state index in [9.17, 15) is 0 Å². The molecule has 0 heterocycles. The van der Waals surface area contributed by atoms with E-state index in [1.807, 2.05) is 14.7 Å². The van der Waals surface area contributed by atoms with Crippen molar-refractivity contribution < 1.29 is 0 Å². The first-order valence-electron chi connectivity index (χ1n) is 2.09. The predicted molar refractivity (Wildman–Crippen MR) is 42.1 cm³/mol.